The molecule has 0 saturated carbocycles. The number of anilines is 1. The number of hydrogen-bond acceptors (Lipinski definition) is 4. The van der Waals surface area contributed by atoms with Crippen molar-refractivity contribution >= 4 is 21.6 Å². The quantitative estimate of drug-likeness (QED) is 0.867. The Morgan fingerprint density at radius 1 is 1.27 bits per heavy atom. The lowest BCUT2D eigenvalue weighted by Crippen LogP contribution is -2.48. The SMILES string of the molecule is CCOc1ccccc1NC(=O)CN(C(C)(C)C)S(C)(=O)=O. The highest BCUT2D eigenvalue weighted by atomic mass is 32.2. The van der Waals surface area contributed by atoms with E-state index in [1.54, 1.807) is 45.0 Å². The topological polar surface area (TPSA) is 75.7 Å². The van der Waals surface area contributed by atoms with Crippen molar-refractivity contribution in [2.45, 2.75) is 33.2 Å². The lowest BCUT2D eigenvalue weighted by atomic mass is 10.1. The van der Waals surface area contributed by atoms with Gasteiger partial charge in [-0.15, -0.1) is 0 Å². The number of rotatable bonds is 6. The van der Waals surface area contributed by atoms with Crippen LogP contribution in [0.1, 0.15) is 27.7 Å². The number of nitrogens with one attached hydrogen (secondary N) is 1. The molecular weight excluding hydrogens is 304 g/mol. The molecule has 1 rings (SSSR count). The maximum absolute atomic E-state index is 12.2. The smallest absolute Gasteiger partial charge is 0.239 e. The molecule has 124 valence electrons. The van der Waals surface area contributed by atoms with Crippen molar-refractivity contribution in [3.63, 3.8) is 0 Å². The number of carbonyl (C=O) groups is 1. The maximum Gasteiger partial charge on any atom is 0.239 e. The van der Waals surface area contributed by atoms with E-state index in [1.807, 2.05) is 6.92 Å². The second-order valence-electron chi connectivity index (χ2n) is 5.92. The van der Waals surface area contributed by atoms with Crippen LogP contribution in [0.15, 0.2) is 24.3 Å². The van der Waals surface area contributed by atoms with Crippen molar-refractivity contribution in [2.24, 2.45) is 0 Å². The lowest BCUT2D eigenvalue weighted by molar-refractivity contribution is -0.117. The Morgan fingerprint density at radius 2 is 1.86 bits per heavy atom. The van der Waals surface area contributed by atoms with Gasteiger partial charge in [-0.2, -0.15) is 4.31 Å². The number of nitrogens with zero attached hydrogens (tertiary/aromatic N) is 1. The Hall–Kier alpha value is -1.60. The van der Waals surface area contributed by atoms with Gasteiger partial charge in [0, 0.05) is 5.54 Å². The summed E-state index contributed by atoms with van der Waals surface area (Å²) in [6.45, 7) is 7.32. The van der Waals surface area contributed by atoms with E-state index in [0.717, 1.165) is 6.26 Å². The summed E-state index contributed by atoms with van der Waals surface area (Å²) in [6.07, 6.45) is 1.10. The van der Waals surface area contributed by atoms with E-state index < -0.39 is 21.5 Å². The zero-order chi connectivity index (χ0) is 17.0. The predicted octanol–water partition coefficient (Wildman–Crippen LogP) is 2.08. The monoisotopic (exact) mass is 328 g/mol. The predicted molar refractivity (Wildman–Crippen MR) is 87.5 cm³/mol. The molecule has 0 radical (unpaired) electrons. The van der Waals surface area contributed by atoms with Gasteiger partial charge in [0.25, 0.3) is 0 Å². The minimum Gasteiger partial charge on any atom is -0.492 e. The van der Waals surface area contributed by atoms with Crippen LogP contribution < -0.4 is 10.1 Å². The second kappa shape index (κ2) is 7.11. The van der Waals surface area contributed by atoms with E-state index in [0.29, 0.717) is 18.0 Å². The zero-order valence-electron chi connectivity index (χ0n) is 13.7. The number of amides is 1. The Kier molecular flexibility index (Phi) is 5.96. The number of carbonyl (C=O) groups excluding carboxylic acids is 1. The van der Waals surface area contributed by atoms with Crippen molar-refractivity contribution in [3.8, 4) is 5.75 Å². The van der Waals surface area contributed by atoms with Crippen LogP contribution in [0.25, 0.3) is 0 Å². The number of para-hydroxylation sites is 2. The van der Waals surface area contributed by atoms with Gasteiger partial charge in [-0.25, -0.2) is 8.42 Å². The minimum atomic E-state index is -3.49. The Balaban J connectivity index is 2.90. The fourth-order valence-electron chi connectivity index (χ4n) is 2.02. The van der Waals surface area contributed by atoms with Gasteiger partial charge < -0.3 is 10.1 Å². The van der Waals surface area contributed by atoms with E-state index in [-0.39, 0.29) is 6.54 Å². The molecule has 6 nitrogen and oxygen atoms in total. The highest BCUT2D eigenvalue weighted by Crippen LogP contribution is 2.24. The van der Waals surface area contributed by atoms with Crippen LogP contribution in [0, 0.1) is 0 Å². The first-order valence-corrected chi connectivity index (χ1v) is 8.90. The summed E-state index contributed by atoms with van der Waals surface area (Å²) in [7, 11) is -3.49. The van der Waals surface area contributed by atoms with Gasteiger partial charge in [-0.1, -0.05) is 12.1 Å². The first kappa shape index (κ1) is 18.4. The molecule has 0 aliphatic rings. The van der Waals surface area contributed by atoms with Crippen molar-refractivity contribution in [1.82, 2.24) is 4.31 Å². The molecule has 1 aromatic rings. The molecule has 0 fully saturated rings. The molecule has 0 aromatic heterocycles. The average Bonchev–Trinajstić information content (AvgIpc) is 2.36. The van der Waals surface area contributed by atoms with E-state index >= 15 is 0 Å². The van der Waals surface area contributed by atoms with Gasteiger partial charge >= 0.3 is 0 Å². The highest BCUT2D eigenvalue weighted by Gasteiger charge is 2.31. The van der Waals surface area contributed by atoms with E-state index in [1.165, 1.54) is 4.31 Å². The standard InChI is InChI=1S/C15H24N2O4S/c1-6-21-13-10-8-7-9-12(13)16-14(18)11-17(15(2,3)4)22(5,19)20/h7-10H,6,11H2,1-5H3,(H,16,18). The van der Waals surface area contributed by atoms with Gasteiger partial charge in [0.2, 0.25) is 15.9 Å². The van der Waals surface area contributed by atoms with E-state index in [4.69, 9.17) is 4.74 Å². The average molecular weight is 328 g/mol. The van der Waals surface area contributed by atoms with Gasteiger partial charge in [0.05, 0.1) is 25.1 Å². The molecule has 0 bridgehead atoms. The Bertz CT molecular complexity index is 621. The van der Waals surface area contributed by atoms with E-state index in [9.17, 15) is 13.2 Å². The first-order valence-electron chi connectivity index (χ1n) is 7.05. The highest BCUT2D eigenvalue weighted by molar-refractivity contribution is 7.88. The normalized spacial score (nSPS) is 12.3. The van der Waals surface area contributed by atoms with Crippen LogP contribution in [0.5, 0.6) is 5.75 Å². The van der Waals surface area contributed by atoms with Crippen molar-refractivity contribution in [3.05, 3.63) is 24.3 Å². The number of ether oxygens (including phenoxy) is 1. The largest absolute Gasteiger partial charge is 0.492 e. The summed E-state index contributed by atoms with van der Waals surface area (Å²) in [6, 6.07) is 7.04. The fraction of sp³-hybridized carbons (Fsp3) is 0.533. The van der Waals surface area contributed by atoms with Crippen molar-refractivity contribution in [2.75, 3.05) is 24.7 Å². The van der Waals surface area contributed by atoms with Crippen molar-refractivity contribution < 1.29 is 17.9 Å². The molecular formula is C15H24N2O4S. The summed E-state index contributed by atoms with van der Waals surface area (Å²) >= 11 is 0. The summed E-state index contributed by atoms with van der Waals surface area (Å²) in [5, 5.41) is 2.70. The second-order valence-corrected chi connectivity index (χ2v) is 7.82. The van der Waals surface area contributed by atoms with Gasteiger partial charge in [0.1, 0.15) is 5.75 Å². The van der Waals surface area contributed by atoms with Gasteiger partial charge in [0.15, 0.2) is 0 Å². The van der Waals surface area contributed by atoms with Gasteiger partial charge in [-0.3, -0.25) is 4.79 Å². The Morgan fingerprint density at radius 3 is 2.36 bits per heavy atom. The molecule has 1 N–H and O–H groups in total. The number of benzene rings is 1. The maximum atomic E-state index is 12.2. The van der Waals surface area contributed by atoms with Crippen LogP contribution in [-0.2, 0) is 14.8 Å². The molecule has 0 spiro atoms. The van der Waals surface area contributed by atoms with Crippen LogP contribution in [0.3, 0.4) is 0 Å². The summed E-state index contributed by atoms with van der Waals surface area (Å²) < 4.78 is 30.3. The molecule has 0 heterocycles. The molecule has 0 unspecified atom stereocenters. The molecule has 1 aromatic carbocycles. The third-order valence-corrected chi connectivity index (χ3v) is 4.37. The van der Waals surface area contributed by atoms with Crippen LogP contribution in [-0.4, -0.2) is 43.6 Å². The molecule has 1 amide bonds. The number of sulfonamides is 1. The first-order chi connectivity index (χ1) is 10.1. The third-order valence-electron chi connectivity index (χ3n) is 2.90. The van der Waals surface area contributed by atoms with Crippen LogP contribution in [0.2, 0.25) is 0 Å². The molecule has 0 atom stereocenters. The molecule has 0 saturated heterocycles. The molecule has 22 heavy (non-hydrogen) atoms. The number of hydrogen-bond donors (Lipinski definition) is 1. The Labute approximate surface area is 132 Å². The lowest BCUT2D eigenvalue weighted by Gasteiger charge is -2.32. The van der Waals surface area contributed by atoms with Crippen LogP contribution in [0.4, 0.5) is 5.69 Å². The summed E-state index contributed by atoms with van der Waals surface area (Å²) in [4.78, 5) is 12.2. The third kappa shape index (κ3) is 5.31. The van der Waals surface area contributed by atoms with E-state index in [2.05, 4.69) is 5.32 Å². The van der Waals surface area contributed by atoms with Gasteiger partial charge in [-0.05, 0) is 39.8 Å². The fourth-order valence-corrected chi connectivity index (χ4v) is 3.37. The van der Waals surface area contributed by atoms with Crippen molar-refractivity contribution in [1.29, 1.82) is 0 Å². The molecule has 0 aliphatic carbocycles. The minimum absolute atomic E-state index is 0.247. The zero-order valence-corrected chi connectivity index (χ0v) is 14.5. The molecule has 0 aliphatic heterocycles. The summed E-state index contributed by atoms with van der Waals surface area (Å²) in [5.74, 6) is 0.146. The molecule has 7 heteroatoms. The summed E-state index contributed by atoms with van der Waals surface area (Å²) in [5.41, 5.74) is -0.151. The van der Waals surface area contributed by atoms with Crippen LogP contribution >= 0.6 is 0 Å².